The van der Waals surface area contributed by atoms with Crippen LogP contribution >= 0.6 is 11.3 Å². The first kappa shape index (κ1) is 18.1. The molecule has 1 atom stereocenters. The van der Waals surface area contributed by atoms with Crippen LogP contribution in [0.4, 0.5) is 4.39 Å². The third-order valence-electron chi connectivity index (χ3n) is 3.95. The van der Waals surface area contributed by atoms with Crippen molar-refractivity contribution in [1.29, 1.82) is 0 Å². The molecule has 25 heavy (non-hydrogen) atoms. The van der Waals surface area contributed by atoms with E-state index in [1.807, 2.05) is 6.92 Å². The van der Waals surface area contributed by atoms with Crippen molar-refractivity contribution in [1.82, 2.24) is 10.3 Å². The fourth-order valence-electron chi connectivity index (χ4n) is 2.58. The summed E-state index contributed by atoms with van der Waals surface area (Å²) in [6.45, 7) is 3.65. The predicted molar refractivity (Wildman–Crippen MR) is 91.5 cm³/mol. The first-order chi connectivity index (χ1) is 12.1. The zero-order chi connectivity index (χ0) is 17.8. The highest BCUT2D eigenvalue weighted by Crippen LogP contribution is 2.33. The molecule has 1 aromatic carbocycles. The van der Waals surface area contributed by atoms with Crippen LogP contribution in [0.2, 0.25) is 0 Å². The van der Waals surface area contributed by atoms with Gasteiger partial charge in [0.15, 0.2) is 11.5 Å². The Morgan fingerprint density at radius 3 is 2.64 bits per heavy atom. The van der Waals surface area contributed by atoms with Crippen LogP contribution in [-0.2, 0) is 16.0 Å². The second-order valence-electron chi connectivity index (χ2n) is 5.57. The van der Waals surface area contributed by atoms with E-state index in [-0.39, 0.29) is 18.1 Å². The highest BCUT2D eigenvalue weighted by molar-refractivity contribution is 7.11. The van der Waals surface area contributed by atoms with E-state index in [0.29, 0.717) is 36.8 Å². The van der Waals surface area contributed by atoms with E-state index >= 15 is 0 Å². The Labute approximate surface area is 149 Å². The van der Waals surface area contributed by atoms with Crippen LogP contribution in [0.25, 0.3) is 0 Å². The number of thiazole rings is 1. The first-order valence-corrected chi connectivity index (χ1v) is 8.76. The van der Waals surface area contributed by atoms with E-state index in [9.17, 15) is 4.39 Å². The Morgan fingerprint density at radius 2 is 1.96 bits per heavy atom. The van der Waals surface area contributed by atoms with E-state index in [2.05, 4.69) is 10.3 Å². The van der Waals surface area contributed by atoms with Crippen molar-refractivity contribution in [2.24, 2.45) is 0 Å². The van der Waals surface area contributed by atoms with Gasteiger partial charge >= 0.3 is 0 Å². The first-order valence-electron chi connectivity index (χ1n) is 7.95. The summed E-state index contributed by atoms with van der Waals surface area (Å²) in [5, 5.41) is 4.11. The molecule has 1 aromatic heterocycles. The fourth-order valence-corrected chi connectivity index (χ4v) is 3.45. The van der Waals surface area contributed by atoms with Gasteiger partial charge in [-0.1, -0.05) is 0 Å². The molecule has 8 heteroatoms. The smallest absolute Gasteiger partial charge is 0.211 e. The summed E-state index contributed by atoms with van der Waals surface area (Å²) in [5.74, 6) is 0.540. The molecule has 0 unspecified atom stereocenters. The Balaban J connectivity index is 1.65. The standard InChI is InChI=1S/C17H21FN2O4S/c1-10(12-6-14(21-2)15(22-3)7-13(12)18)19-8-11-9-20-16(25-11)17-23-4-5-24-17/h6-7,9-10,17,19H,4-5,8H2,1-3H3/t10-/m1/s1. The minimum absolute atomic E-state index is 0.204. The average molecular weight is 368 g/mol. The number of methoxy groups -OCH3 is 2. The number of benzene rings is 1. The molecule has 1 saturated heterocycles. The zero-order valence-electron chi connectivity index (χ0n) is 14.4. The van der Waals surface area contributed by atoms with Gasteiger partial charge in [0.05, 0.1) is 27.4 Å². The topological polar surface area (TPSA) is 61.8 Å². The summed E-state index contributed by atoms with van der Waals surface area (Å²) in [7, 11) is 3.02. The molecule has 136 valence electrons. The normalized spacial score (nSPS) is 16.2. The number of halogens is 1. The molecule has 0 bridgehead atoms. The molecule has 1 aliphatic heterocycles. The van der Waals surface area contributed by atoms with Crippen molar-refractivity contribution < 1.29 is 23.3 Å². The van der Waals surface area contributed by atoms with Gasteiger partial charge in [-0.15, -0.1) is 11.3 Å². The predicted octanol–water partition coefficient (Wildman–Crippen LogP) is 3.20. The van der Waals surface area contributed by atoms with Crippen LogP contribution in [0.3, 0.4) is 0 Å². The SMILES string of the molecule is COc1cc(F)c([C@@H](C)NCc2cnc(C3OCCO3)s2)cc1OC. The Hall–Kier alpha value is -1.74. The van der Waals surface area contributed by atoms with Crippen LogP contribution < -0.4 is 14.8 Å². The van der Waals surface area contributed by atoms with Gasteiger partial charge in [0, 0.05) is 35.3 Å². The molecular weight excluding hydrogens is 347 g/mol. The zero-order valence-corrected chi connectivity index (χ0v) is 15.2. The maximum absolute atomic E-state index is 14.3. The Morgan fingerprint density at radius 1 is 1.28 bits per heavy atom. The largest absolute Gasteiger partial charge is 0.493 e. The lowest BCUT2D eigenvalue weighted by Crippen LogP contribution is -2.18. The van der Waals surface area contributed by atoms with Gasteiger partial charge in [-0.25, -0.2) is 9.37 Å². The number of aromatic nitrogens is 1. The summed E-state index contributed by atoms with van der Waals surface area (Å²) in [4.78, 5) is 5.36. The van der Waals surface area contributed by atoms with Gasteiger partial charge in [0.1, 0.15) is 10.8 Å². The lowest BCUT2D eigenvalue weighted by atomic mass is 10.1. The van der Waals surface area contributed by atoms with Crippen LogP contribution in [0.15, 0.2) is 18.3 Å². The van der Waals surface area contributed by atoms with Gasteiger partial charge < -0.3 is 24.3 Å². The lowest BCUT2D eigenvalue weighted by molar-refractivity contribution is -0.0442. The maximum Gasteiger partial charge on any atom is 0.211 e. The van der Waals surface area contributed by atoms with E-state index < -0.39 is 0 Å². The van der Waals surface area contributed by atoms with E-state index in [0.717, 1.165) is 9.88 Å². The Kier molecular flexibility index (Phi) is 5.85. The molecule has 2 heterocycles. The minimum atomic E-state index is -0.362. The molecule has 0 saturated carbocycles. The number of nitrogens with zero attached hydrogens (tertiary/aromatic N) is 1. The van der Waals surface area contributed by atoms with E-state index in [1.54, 1.807) is 12.3 Å². The third-order valence-corrected chi connectivity index (χ3v) is 4.97. The number of nitrogens with one attached hydrogen (secondary N) is 1. The van der Waals surface area contributed by atoms with E-state index in [4.69, 9.17) is 18.9 Å². The van der Waals surface area contributed by atoms with E-state index in [1.165, 1.54) is 31.6 Å². The highest BCUT2D eigenvalue weighted by atomic mass is 32.1. The van der Waals surface area contributed by atoms with Crippen molar-refractivity contribution in [3.8, 4) is 11.5 Å². The van der Waals surface area contributed by atoms with Gasteiger partial charge in [0.2, 0.25) is 6.29 Å². The van der Waals surface area contributed by atoms with Gasteiger partial charge in [0.25, 0.3) is 0 Å². The van der Waals surface area contributed by atoms with Gasteiger partial charge in [-0.2, -0.15) is 0 Å². The Bertz CT molecular complexity index is 719. The van der Waals surface area contributed by atoms with Crippen molar-refractivity contribution in [3.05, 3.63) is 39.6 Å². The minimum Gasteiger partial charge on any atom is -0.493 e. The van der Waals surface area contributed by atoms with Crippen molar-refractivity contribution in [2.75, 3.05) is 27.4 Å². The van der Waals surface area contributed by atoms with Crippen LogP contribution in [0.5, 0.6) is 11.5 Å². The number of hydrogen-bond donors (Lipinski definition) is 1. The molecule has 0 aliphatic carbocycles. The quantitative estimate of drug-likeness (QED) is 0.810. The van der Waals surface area contributed by atoms with Crippen LogP contribution in [0.1, 0.15) is 34.7 Å². The summed E-state index contributed by atoms with van der Waals surface area (Å²) < 4.78 is 35.6. The molecule has 0 amide bonds. The molecule has 0 spiro atoms. The van der Waals surface area contributed by atoms with Gasteiger partial charge in [-0.3, -0.25) is 0 Å². The van der Waals surface area contributed by atoms with Crippen molar-refractivity contribution in [2.45, 2.75) is 25.8 Å². The molecular formula is C17H21FN2O4S. The highest BCUT2D eigenvalue weighted by Gasteiger charge is 2.22. The number of hydrogen-bond acceptors (Lipinski definition) is 7. The second-order valence-corrected chi connectivity index (χ2v) is 6.72. The fraction of sp³-hybridized carbons (Fsp3) is 0.471. The number of ether oxygens (including phenoxy) is 4. The molecule has 2 aromatic rings. The second kappa shape index (κ2) is 8.09. The third kappa shape index (κ3) is 4.09. The molecule has 1 aliphatic rings. The number of rotatable bonds is 7. The van der Waals surface area contributed by atoms with Gasteiger partial charge in [-0.05, 0) is 13.0 Å². The van der Waals surface area contributed by atoms with Crippen molar-refractivity contribution >= 4 is 11.3 Å². The van der Waals surface area contributed by atoms with Crippen molar-refractivity contribution in [3.63, 3.8) is 0 Å². The monoisotopic (exact) mass is 368 g/mol. The van der Waals surface area contributed by atoms with Crippen LogP contribution in [-0.4, -0.2) is 32.4 Å². The molecule has 0 radical (unpaired) electrons. The van der Waals surface area contributed by atoms with Crippen LogP contribution in [0, 0.1) is 5.82 Å². The summed E-state index contributed by atoms with van der Waals surface area (Å²) in [6.07, 6.45) is 1.43. The lowest BCUT2D eigenvalue weighted by Gasteiger charge is -2.17. The average Bonchev–Trinajstić information content (AvgIpc) is 3.30. The molecule has 3 rings (SSSR count). The summed E-state index contributed by atoms with van der Waals surface area (Å²) in [6, 6.07) is 2.79. The summed E-state index contributed by atoms with van der Waals surface area (Å²) in [5.41, 5.74) is 0.518. The summed E-state index contributed by atoms with van der Waals surface area (Å²) >= 11 is 1.52. The molecule has 1 N–H and O–H groups in total. The molecule has 6 nitrogen and oxygen atoms in total. The molecule has 1 fully saturated rings. The maximum atomic E-state index is 14.3.